The first-order valence-corrected chi connectivity index (χ1v) is 9.12. The Morgan fingerprint density at radius 1 is 1.36 bits per heavy atom. The van der Waals surface area contributed by atoms with Crippen molar-refractivity contribution < 1.29 is 4.79 Å². The highest BCUT2D eigenvalue weighted by molar-refractivity contribution is 5.99. The van der Waals surface area contributed by atoms with E-state index in [0.29, 0.717) is 23.7 Å². The Morgan fingerprint density at radius 2 is 2.16 bits per heavy atom. The van der Waals surface area contributed by atoms with E-state index in [-0.39, 0.29) is 5.91 Å². The van der Waals surface area contributed by atoms with Gasteiger partial charge < -0.3 is 10.2 Å². The number of likely N-dealkylation sites (tertiary alicyclic amines) is 1. The van der Waals surface area contributed by atoms with Crippen molar-refractivity contribution in [3.8, 4) is 0 Å². The van der Waals surface area contributed by atoms with Crippen LogP contribution in [0, 0.1) is 5.92 Å². The molecule has 1 aliphatic heterocycles. The predicted octanol–water partition coefficient (Wildman–Crippen LogP) is 1.25. The van der Waals surface area contributed by atoms with Gasteiger partial charge in [0.15, 0.2) is 5.65 Å². The number of nitrogens with zero attached hydrogens (tertiary/aromatic N) is 5. The third-order valence-electron chi connectivity index (χ3n) is 5.00. The molecule has 1 fully saturated rings. The summed E-state index contributed by atoms with van der Waals surface area (Å²) < 4.78 is 1.71. The van der Waals surface area contributed by atoms with Crippen molar-refractivity contribution in [1.82, 2.24) is 29.7 Å². The summed E-state index contributed by atoms with van der Waals surface area (Å²) >= 11 is 0. The fourth-order valence-electron chi connectivity index (χ4n) is 3.39. The van der Waals surface area contributed by atoms with Crippen LogP contribution in [-0.2, 0) is 6.54 Å². The minimum atomic E-state index is -0.0893. The number of aromatic nitrogens is 3. The van der Waals surface area contributed by atoms with E-state index in [9.17, 15) is 4.79 Å². The normalized spacial score (nSPS) is 18.3. The molecule has 1 N–H and O–H groups in total. The Bertz CT molecular complexity index is 723. The van der Waals surface area contributed by atoms with Crippen molar-refractivity contribution in [2.45, 2.75) is 26.8 Å². The topological polar surface area (TPSA) is 65.8 Å². The average Bonchev–Trinajstić information content (AvgIpc) is 3.23. The summed E-state index contributed by atoms with van der Waals surface area (Å²) in [4.78, 5) is 21.6. The summed E-state index contributed by atoms with van der Waals surface area (Å²) in [7, 11) is 2.12. The highest BCUT2D eigenvalue weighted by Crippen LogP contribution is 2.14. The van der Waals surface area contributed by atoms with Gasteiger partial charge in [0.2, 0.25) is 0 Å². The number of carbonyl (C=O) groups excluding carboxylic acids is 1. The molecule has 0 bridgehead atoms. The maximum absolute atomic E-state index is 12.5. The standard InChI is InChI=1S/C18H28N6O/c1-4-23(5-2)12-15-9-19-17-16(10-21-24(17)13-15)18(25)20-8-14-6-7-22(3)11-14/h9-10,13-14H,4-8,11-12H2,1-3H3,(H,20,25). The van der Waals surface area contributed by atoms with Crippen LogP contribution in [0.2, 0.25) is 0 Å². The first kappa shape index (κ1) is 17.8. The van der Waals surface area contributed by atoms with Gasteiger partial charge in [0, 0.05) is 37.6 Å². The van der Waals surface area contributed by atoms with Crippen LogP contribution in [0.1, 0.15) is 36.2 Å². The maximum Gasteiger partial charge on any atom is 0.256 e. The largest absolute Gasteiger partial charge is 0.352 e. The molecule has 1 atom stereocenters. The lowest BCUT2D eigenvalue weighted by molar-refractivity contribution is 0.0949. The van der Waals surface area contributed by atoms with Crippen LogP contribution in [0.3, 0.4) is 0 Å². The molecule has 0 aromatic carbocycles. The first-order valence-electron chi connectivity index (χ1n) is 9.12. The van der Waals surface area contributed by atoms with Crippen molar-refractivity contribution in [3.63, 3.8) is 0 Å². The smallest absolute Gasteiger partial charge is 0.256 e. The van der Waals surface area contributed by atoms with E-state index in [1.807, 2.05) is 12.4 Å². The molecule has 2 aromatic heterocycles. The van der Waals surface area contributed by atoms with E-state index >= 15 is 0 Å². The van der Waals surface area contributed by atoms with Gasteiger partial charge >= 0.3 is 0 Å². The van der Waals surface area contributed by atoms with E-state index < -0.39 is 0 Å². The van der Waals surface area contributed by atoms with Gasteiger partial charge in [-0.3, -0.25) is 9.69 Å². The third kappa shape index (κ3) is 4.16. The summed E-state index contributed by atoms with van der Waals surface area (Å²) in [6.45, 7) is 9.99. The monoisotopic (exact) mass is 344 g/mol. The van der Waals surface area contributed by atoms with Crippen LogP contribution in [0.5, 0.6) is 0 Å². The van der Waals surface area contributed by atoms with Gasteiger partial charge in [0.25, 0.3) is 5.91 Å². The zero-order chi connectivity index (χ0) is 17.8. The van der Waals surface area contributed by atoms with E-state index in [2.05, 4.69) is 46.1 Å². The Morgan fingerprint density at radius 3 is 2.84 bits per heavy atom. The number of fused-ring (bicyclic) bond motifs is 1. The Balaban J connectivity index is 1.66. The number of hydrogen-bond donors (Lipinski definition) is 1. The van der Waals surface area contributed by atoms with Crippen LogP contribution in [0.4, 0.5) is 0 Å². The SMILES string of the molecule is CCN(CC)Cc1cnc2c(C(=O)NCC3CCN(C)C3)cnn2c1. The summed E-state index contributed by atoms with van der Waals surface area (Å²) in [5.74, 6) is 0.443. The van der Waals surface area contributed by atoms with Crippen molar-refractivity contribution in [3.05, 3.63) is 29.7 Å². The summed E-state index contributed by atoms with van der Waals surface area (Å²) in [5, 5.41) is 7.36. The van der Waals surface area contributed by atoms with Gasteiger partial charge in [-0.2, -0.15) is 5.10 Å². The number of hydrogen-bond acceptors (Lipinski definition) is 5. The molecule has 7 nitrogen and oxygen atoms in total. The zero-order valence-electron chi connectivity index (χ0n) is 15.4. The van der Waals surface area contributed by atoms with Crippen molar-refractivity contribution >= 4 is 11.6 Å². The molecule has 1 amide bonds. The molecule has 136 valence electrons. The molecular formula is C18H28N6O. The van der Waals surface area contributed by atoms with E-state index in [0.717, 1.165) is 44.7 Å². The van der Waals surface area contributed by atoms with E-state index in [4.69, 9.17) is 0 Å². The number of nitrogens with one attached hydrogen (secondary N) is 1. The van der Waals surface area contributed by atoms with Crippen LogP contribution >= 0.6 is 0 Å². The first-order chi connectivity index (χ1) is 12.1. The third-order valence-corrected chi connectivity index (χ3v) is 5.00. The molecule has 0 radical (unpaired) electrons. The number of carbonyl (C=O) groups is 1. The minimum absolute atomic E-state index is 0.0893. The molecule has 2 aromatic rings. The van der Waals surface area contributed by atoms with Gasteiger partial charge in [-0.25, -0.2) is 9.50 Å². The quantitative estimate of drug-likeness (QED) is 0.819. The highest BCUT2D eigenvalue weighted by atomic mass is 16.1. The fourth-order valence-corrected chi connectivity index (χ4v) is 3.39. The Kier molecular flexibility index (Phi) is 5.65. The average molecular weight is 344 g/mol. The lowest BCUT2D eigenvalue weighted by Crippen LogP contribution is -2.30. The lowest BCUT2D eigenvalue weighted by atomic mass is 10.1. The second-order valence-electron chi connectivity index (χ2n) is 6.88. The van der Waals surface area contributed by atoms with Crippen molar-refractivity contribution in [2.24, 2.45) is 5.92 Å². The number of rotatable bonds is 7. The van der Waals surface area contributed by atoms with Crippen molar-refractivity contribution in [1.29, 1.82) is 0 Å². The fraction of sp³-hybridized carbons (Fsp3) is 0.611. The molecule has 1 saturated heterocycles. The van der Waals surface area contributed by atoms with E-state index in [1.165, 1.54) is 0 Å². The predicted molar refractivity (Wildman–Crippen MR) is 97.5 cm³/mol. The molecule has 3 rings (SSSR count). The summed E-state index contributed by atoms with van der Waals surface area (Å²) in [5.41, 5.74) is 2.25. The Hall–Kier alpha value is -1.99. The van der Waals surface area contributed by atoms with Gasteiger partial charge in [-0.05, 0) is 39.0 Å². The van der Waals surface area contributed by atoms with Gasteiger partial charge in [-0.15, -0.1) is 0 Å². The van der Waals surface area contributed by atoms with Crippen LogP contribution in [0.25, 0.3) is 5.65 Å². The second-order valence-corrected chi connectivity index (χ2v) is 6.88. The van der Waals surface area contributed by atoms with Gasteiger partial charge in [0.05, 0.1) is 6.20 Å². The van der Waals surface area contributed by atoms with Crippen LogP contribution in [-0.4, -0.2) is 70.1 Å². The van der Waals surface area contributed by atoms with E-state index in [1.54, 1.807) is 10.7 Å². The molecule has 3 heterocycles. The van der Waals surface area contributed by atoms with Crippen LogP contribution in [0.15, 0.2) is 18.6 Å². The molecule has 0 saturated carbocycles. The highest BCUT2D eigenvalue weighted by Gasteiger charge is 2.21. The number of amides is 1. The molecule has 1 unspecified atom stereocenters. The lowest BCUT2D eigenvalue weighted by Gasteiger charge is -2.17. The Labute approximate surface area is 149 Å². The molecule has 1 aliphatic rings. The zero-order valence-corrected chi connectivity index (χ0v) is 15.4. The van der Waals surface area contributed by atoms with Gasteiger partial charge in [0.1, 0.15) is 5.56 Å². The minimum Gasteiger partial charge on any atom is -0.352 e. The molecule has 25 heavy (non-hydrogen) atoms. The molecule has 0 spiro atoms. The van der Waals surface area contributed by atoms with Gasteiger partial charge in [-0.1, -0.05) is 13.8 Å². The molecule has 0 aliphatic carbocycles. The second kappa shape index (κ2) is 7.93. The van der Waals surface area contributed by atoms with Crippen molar-refractivity contribution in [2.75, 3.05) is 39.8 Å². The summed E-state index contributed by atoms with van der Waals surface area (Å²) in [6.07, 6.45) is 6.56. The van der Waals surface area contributed by atoms with Crippen LogP contribution < -0.4 is 5.32 Å². The molecular weight excluding hydrogens is 316 g/mol. The molecule has 7 heteroatoms. The summed E-state index contributed by atoms with van der Waals surface area (Å²) in [6, 6.07) is 0. The maximum atomic E-state index is 12.5.